The molecule has 1 saturated heterocycles. The van der Waals surface area contributed by atoms with Crippen molar-refractivity contribution in [3.63, 3.8) is 0 Å². The van der Waals surface area contributed by atoms with E-state index in [4.69, 9.17) is 4.74 Å². The van der Waals surface area contributed by atoms with E-state index >= 15 is 0 Å². The second kappa shape index (κ2) is 5.35. The molecule has 0 aromatic heterocycles. The van der Waals surface area contributed by atoms with Crippen LogP contribution >= 0.6 is 0 Å². The molecule has 3 heteroatoms. The first-order valence-corrected chi connectivity index (χ1v) is 6.86. The minimum Gasteiger partial charge on any atom is -0.370 e. The Balaban J connectivity index is 1.76. The summed E-state index contributed by atoms with van der Waals surface area (Å²) in [7, 11) is 0. The minimum atomic E-state index is -0.229. The lowest BCUT2D eigenvalue weighted by molar-refractivity contribution is -0.0323. The number of hydrogen-bond donors (Lipinski definition) is 1. The van der Waals surface area contributed by atoms with Gasteiger partial charge in [0.25, 0.3) is 0 Å². The van der Waals surface area contributed by atoms with Gasteiger partial charge in [0.2, 0.25) is 0 Å². The van der Waals surface area contributed by atoms with Crippen molar-refractivity contribution in [2.24, 2.45) is 0 Å². The maximum Gasteiger partial charge on any atom is 0.129 e. The van der Waals surface area contributed by atoms with Crippen molar-refractivity contribution in [2.45, 2.75) is 18.6 Å². The molecule has 2 atom stereocenters. The molecule has 0 bridgehead atoms. The highest BCUT2D eigenvalue weighted by molar-refractivity contribution is 5.26. The summed E-state index contributed by atoms with van der Waals surface area (Å²) in [4.78, 5) is 0. The molecule has 1 fully saturated rings. The van der Waals surface area contributed by atoms with Gasteiger partial charge >= 0.3 is 0 Å². The summed E-state index contributed by atoms with van der Waals surface area (Å²) in [6.45, 7) is 3.24. The smallest absolute Gasteiger partial charge is 0.129 e. The first-order chi connectivity index (χ1) is 9.69. The number of benzene rings is 2. The van der Waals surface area contributed by atoms with E-state index in [1.807, 2.05) is 24.3 Å². The first-order valence-electron chi connectivity index (χ1n) is 6.86. The van der Waals surface area contributed by atoms with Crippen molar-refractivity contribution in [3.8, 4) is 0 Å². The lowest BCUT2D eigenvalue weighted by atomic mass is 9.90. The third-order valence-corrected chi connectivity index (χ3v) is 3.91. The highest BCUT2D eigenvalue weighted by Gasteiger charge is 2.33. The van der Waals surface area contributed by atoms with Gasteiger partial charge in [-0.2, -0.15) is 0 Å². The van der Waals surface area contributed by atoms with Gasteiger partial charge in [-0.15, -0.1) is 0 Å². The minimum absolute atomic E-state index is 0.206. The highest BCUT2D eigenvalue weighted by atomic mass is 19.1. The Labute approximate surface area is 118 Å². The van der Waals surface area contributed by atoms with Crippen LogP contribution in [-0.2, 0) is 10.3 Å². The van der Waals surface area contributed by atoms with Crippen molar-refractivity contribution in [3.05, 3.63) is 71.5 Å². The van der Waals surface area contributed by atoms with Crippen molar-refractivity contribution in [2.75, 3.05) is 13.2 Å². The quantitative estimate of drug-likeness (QED) is 0.904. The summed E-state index contributed by atoms with van der Waals surface area (Å²) in [5, 5.41) is 3.50. The summed E-state index contributed by atoms with van der Waals surface area (Å²) < 4.78 is 19.7. The van der Waals surface area contributed by atoms with Gasteiger partial charge in [-0.05, 0) is 18.6 Å². The number of ether oxygens (including phenoxy) is 1. The zero-order valence-corrected chi connectivity index (χ0v) is 11.5. The van der Waals surface area contributed by atoms with E-state index in [-0.39, 0.29) is 17.5 Å². The Morgan fingerprint density at radius 3 is 2.45 bits per heavy atom. The van der Waals surface area contributed by atoms with Crippen LogP contribution in [0.2, 0.25) is 0 Å². The van der Waals surface area contributed by atoms with E-state index in [2.05, 4.69) is 24.4 Å². The number of halogens is 1. The molecule has 104 valence electrons. The standard InChI is InChI=1S/C17H18FNO/c1-17(13-7-3-2-4-8-13)12-20-16(11-19-17)14-9-5-6-10-15(14)18/h2-10,16,19H,11-12H2,1H3. The fourth-order valence-electron chi connectivity index (χ4n) is 2.62. The number of nitrogens with one attached hydrogen (secondary N) is 1. The Morgan fingerprint density at radius 2 is 1.80 bits per heavy atom. The normalized spacial score (nSPS) is 26.4. The summed E-state index contributed by atoms with van der Waals surface area (Å²) in [6, 6.07) is 17.0. The summed E-state index contributed by atoms with van der Waals surface area (Å²) in [5.74, 6) is -0.206. The van der Waals surface area contributed by atoms with E-state index in [0.29, 0.717) is 18.7 Å². The van der Waals surface area contributed by atoms with E-state index in [1.54, 1.807) is 12.1 Å². The molecular weight excluding hydrogens is 253 g/mol. The average molecular weight is 271 g/mol. The van der Waals surface area contributed by atoms with Crippen LogP contribution < -0.4 is 5.32 Å². The summed E-state index contributed by atoms with van der Waals surface area (Å²) in [5.41, 5.74) is 1.59. The van der Waals surface area contributed by atoms with Crippen LogP contribution in [0.3, 0.4) is 0 Å². The summed E-state index contributed by atoms with van der Waals surface area (Å²) in [6.07, 6.45) is -0.229. The van der Waals surface area contributed by atoms with Crippen LogP contribution in [0.25, 0.3) is 0 Å². The van der Waals surface area contributed by atoms with Gasteiger partial charge in [0.1, 0.15) is 5.82 Å². The van der Waals surface area contributed by atoms with Gasteiger partial charge in [-0.3, -0.25) is 0 Å². The van der Waals surface area contributed by atoms with Gasteiger partial charge in [0.05, 0.1) is 18.2 Å². The van der Waals surface area contributed by atoms with Crippen molar-refractivity contribution in [1.82, 2.24) is 5.32 Å². The highest BCUT2D eigenvalue weighted by Crippen LogP contribution is 2.30. The van der Waals surface area contributed by atoms with Crippen LogP contribution in [0.1, 0.15) is 24.2 Å². The second-order valence-corrected chi connectivity index (χ2v) is 5.40. The number of hydrogen-bond acceptors (Lipinski definition) is 2. The third kappa shape index (κ3) is 2.47. The van der Waals surface area contributed by atoms with E-state index in [9.17, 15) is 4.39 Å². The Hall–Kier alpha value is -1.71. The molecule has 2 nitrogen and oxygen atoms in total. The topological polar surface area (TPSA) is 21.3 Å². The molecule has 0 saturated carbocycles. The van der Waals surface area contributed by atoms with Crippen molar-refractivity contribution < 1.29 is 9.13 Å². The molecule has 0 radical (unpaired) electrons. The number of morpholine rings is 1. The summed E-state index contributed by atoms with van der Waals surface area (Å²) >= 11 is 0. The van der Waals surface area contributed by atoms with Gasteiger partial charge in [-0.1, -0.05) is 48.5 Å². The molecule has 0 amide bonds. The molecule has 0 spiro atoms. The molecule has 3 rings (SSSR count). The molecule has 2 aromatic rings. The lowest BCUT2D eigenvalue weighted by Crippen LogP contribution is -2.50. The average Bonchev–Trinajstić information content (AvgIpc) is 2.50. The van der Waals surface area contributed by atoms with Crippen LogP contribution in [0.4, 0.5) is 4.39 Å². The maximum atomic E-state index is 13.8. The molecule has 1 aliphatic heterocycles. The van der Waals surface area contributed by atoms with Gasteiger partial charge in [0.15, 0.2) is 0 Å². The Kier molecular flexibility index (Phi) is 3.55. The first kappa shape index (κ1) is 13.3. The largest absolute Gasteiger partial charge is 0.370 e. The van der Waals surface area contributed by atoms with Crippen LogP contribution in [0.15, 0.2) is 54.6 Å². The molecule has 2 aromatic carbocycles. The molecule has 20 heavy (non-hydrogen) atoms. The fourth-order valence-corrected chi connectivity index (χ4v) is 2.62. The molecule has 1 heterocycles. The van der Waals surface area contributed by atoms with Gasteiger partial charge in [-0.25, -0.2) is 4.39 Å². The van der Waals surface area contributed by atoms with Gasteiger partial charge in [0, 0.05) is 12.1 Å². The monoisotopic (exact) mass is 271 g/mol. The Bertz CT molecular complexity index is 577. The van der Waals surface area contributed by atoms with Crippen LogP contribution in [0.5, 0.6) is 0 Å². The zero-order chi connectivity index (χ0) is 14.0. The lowest BCUT2D eigenvalue weighted by Gasteiger charge is -2.39. The molecule has 2 unspecified atom stereocenters. The predicted molar refractivity (Wildman–Crippen MR) is 76.9 cm³/mol. The van der Waals surface area contributed by atoms with Gasteiger partial charge < -0.3 is 10.1 Å². The maximum absolute atomic E-state index is 13.8. The number of rotatable bonds is 2. The van der Waals surface area contributed by atoms with E-state index in [0.717, 1.165) is 0 Å². The van der Waals surface area contributed by atoms with E-state index in [1.165, 1.54) is 11.6 Å². The zero-order valence-electron chi connectivity index (χ0n) is 11.5. The van der Waals surface area contributed by atoms with Crippen molar-refractivity contribution >= 4 is 0 Å². The van der Waals surface area contributed by atoms with Crippen LogP contribution in [0, 0.1) is 5.82 Å². The van der Waals surface area contributed by atoms with E-state index < -0.39 is 0 Å². The molecule has 0 aliphatic carbocycles. The molecule has 1 aliphatic rings. The van der Waals surface area contributed by atoms with Crippen LogP contribution in [-0.4, -0.2) is 13.2 Å². The molecular formula is C17H18FNO. The predicted octanol–water partition coefficient (Wildman–Crippen LogP) is 3.40. The Morgan fingerprint density at radius 1 is 1.10 bits per heavy atom. The second-order valence-electron chi connectivity index (χ2n) is 5.40. The molecule has 1 N–H and O–H groups in total. The fraction of sp³-hybridized carbons (Fsp3) is 0.294. The SMILES string of the molecule is CC1(c2ccccc2)COC(c2ccccc2F)CN1. The third-order valence-electron chi connectivity index (χ3n) is 3.91. The van der Waals surface area contributed by atoms with Crippen molar-refractivity contribution in [1.29, 1.82) is 0 Å².